The standard InChI is InChI=1S/C14H15FN2O2/c1-2-3-8-17-9-11(14(18)19)13(16-17)10-6-4-5-7-12(10)15/h4-7,9H,2-3,8H2,1H3,(H,18,19). The Balaban J connectivity index is 2.46. The van der Waals surface area contributed by atoms with E-state index in [1.807, 2.05) is 6.92 Å². The van der Waals surface area contributed by atoms with Crippen LogP contribution in [0.4, 0.5) is 4.39 Å². The molecule has 0 saturated heterocycles. The minimum atomic E-state index is -1.10. The number of nitrogens with zero attached hydrogens (tertiary/aromatic N) is 2. The fourth-order valence-electron chi connectivity index (χ4n) is 1.86. The van der Waals surface area contributed by atoms with Crippen molar-refractivity contribution in [3.05, 3.63) is 41.8 Å². The van der Waals surface area contributed by atoms with Gasteiger partial charge >= 0.3 is 5.97 Å². The molecular weight excluding hydrogens is 247 g/mol. The van der Waals surface area contributed by atoms with E-state index >= 15 is 0 Å². The molecule has 0 bridgehead atoms. The van der Waals surface area contributed by atoms with E-state index in [4.69, 9.17) is 0 Å². The van der Waals surface area contributed by atoms with Crippen molar-refractivity contribution < 1.29 is 14.3 Å². The van der Waals surface area contributed by atoms with Crippen LogP contribution in [-0.2, 0) is 6.54 Å². The van der Waals surface area contributed by atoms with Crippen molar-refractivity contribution in [3.8, 4) is 11.3 Å². The SMILES string of the molecule is CCCCn1cc(C(=O)O)c(-c2ccccc2F)n1. The topological polar surface area (TPSA) is 55.1 Å². The zero-order valence-corrected chi connectivity index (χ0v) is 10.6. The van der Waals surface area contributed by atoms with Gasteiger partial charge in [-0.25, -0.2) is 9.18 Å². The van der Waals surface area contributed by atoms with Gasteiger partial charge in [0.2, 0.25) is 0 Å². The van der Waals surface area contributed by atoms with E-state index in [0.29, 0.717) is 6.54 Å². The average molecular weight is 262 g/mol. The summed E-state index contributed by atoms with van der Waals surface area (Å²) in [5, 5.41) is 13.4. The molecule has 1 heterocycles. The van der Waals surface area contributed by atoms with E-state index in [9.17, 15) is 14.3 Å². The monoisotopic (exact) mass is 262 g/mol. The second-order valence-electron chi connectivity index (χ2n) is 4.29. The van der Waals surface area contributed by atoms with Gasteiger partial charge in [0, 0.05) is 18.3 Å². The highest BCUT2D eigenvalue weighted by Gasteiger charge is 2.19. The number of carboxylic acids is 1. The zero-order chi connectivity index (χ0) is 13.8. The van der Waals surface area contributed by atoms with Crippen LogP contribution in [0, 0.1) is 5.82 Å². The van der Waals surface area contributed by atoms with E-state index in [2.05, 4.69) is 5.10 Å². The quantitative estimate of drug-likeness (QED) is 0.900. The number of aromatic carboxylic acids is 1. The lowest BCUT2D eigenvalue weighted by Gasteiger charge is -2.00. The maximum Gasteiger partial charge on any atom is 0.339 e. The summed E-state index contributed by atoms with van der Waals surface area (Å²) in [4.78, 5) is 11.2. The summed E-state index contributed by atoms with van der Waals surface area (Å²) < 4.78 is 15.3. The lowest BCUT2D eigenvalue weighted by molar-refractivity contribution is 0.0697. The molecule has 0 aliphatic rings. The van der Waals surface area contributed by atoms with Crippen LogP contribution in [0.3, 0.4) is 0 Å². The van der Waals surface area contributed by atoms with Gasteiger partial charge < -0.3 is 5.11 Å². The highest BCUT2D eigenvalue weighted by Crippen LogP contribution is 2.24. The first kappa shape index (κ1) is 13.3. The van der Waals surface area contributed by atoms with Crippen LogP contribution in [0.1, 0.15) is 30.1 Å². The highest BCUT2D eigenvalue weighted by atomic mass is 19.1. The average Bonchev–Trinajstić information content (AvgIpc) is 2.81. The number of benzene rings is 1. The van der Waals surface area contributed by atoms with Crippen LogP contribution in [0.2, 0.25) is 0 Å². The molecule has 0 aliphatic heterocycles. The first-order chi connectivity index (χ1) is 9.13. The molecule has 0 amide bonds. The molecule has 4 nitrogen and oxygen atoms in total. The van der Waals surface area contributed by atoms with Gasteiger partial charge in [-0.3, -0.25) is 4.68 Å². The number of rotatable bonds is 5. The van der Waals surface area contributed by atoms with Crippen LogP contribution < -0.4 is 0 Å². The fourth-order valence-corrected chi connectivity index (χ4v) is 1.86. The third-order valence-corrected chi connectivity index (χ3v) is 2.86. The second kappa shape index (κ2) is 5.65. The van der Waals surface area contributed by atoms with Crippen molar-refractivity contribution >= 4 is 5.97 Å². The van der Waals surface area contributed by atoms with Gasteiger partial charge in [0.15, 0.2) is 0 Å². The normalized spacial score (nSPS) is 10.6. The Morgan fingerprint density at radius 2 is 2.16 bits per heavy atom. The molecule has 1 N–H and O–H groups in total. The number of carboxylic acid groups (broad SMARTS) is 1. The first-order valence-corrected chi connectivity index (χ1v) is 6.19. The number of halogens is 1. The van der Waals surface area contributed by atoms with Gasteiger partial charge in [-0.05, 0) is 18.6 Å². The summed E-state index contributed by atoms with van der Waals surface area (Å²) in [7, 11) is 0. The Labute approximate surface area is 110 Å². The Kier molecular flexibility index (Phi) is 3.94. The summed E-state index contributed by atoms with van der Waals surface area (Å²) in [6, 6.07) is 6.06. The predicted octanol–water partition coefficient (Wildman–Crippen LogP) is 3.19. The van der Waals surface area contributed by atoms with Crippen molar-refractivity contribution in [1.82, 2.24) is 9.78 Å². The van der Waals surface area contributed by atoms with E-state index in [1.165, 1.54) is 18.3 Å². The number of hydrogen-bond acceptors (Lipinski definition) is 2. The van der Waals surface area contributed by atoms with Crippen LogP contribution >= 0.6 is 0 Å². The van der Waals surface area contributed by atoms with Crippen LogP contribution in [0.25, 0.3) is 11.3 Å². The molecule has 100 valence electrons. The Morgan fingerprint density at radius 1 is 1.42 bits per heavy atom. The van der Waals surface area contributed by atoms with Gasteiger partial charge in [0.05, 0.1) is 0 Å². The van der Waals surface area contributed by atoms with Crippen LogP contribution in [0.5, 0.6) is 0 Å². The molecule has 0 saturated carbocycles. The van der Waals surface area contributed by atoms with Crippen molar-refractivity contribution in [2.24, 2.45) is 0 Å². The molecule has 0 radical (unpaired) electrons. The van der Waals surface area contributed by atoms with E-state index in [1.54, 1.807) is 16.8 Å². The smallest absolute Gasteiger partial charge is 0.339 e. The molecule has 5 heteroatoms. The Bertz CT molecular complexity index is 593. The van der Waals surface area contributed by atoms with Crippen molar-refractivity contribution in [3.63, 3.8) is 0 Å². The van der Waals surface area contributed by atoms with Gasteiger partial charge in [0.1, 0.15) is 17.1 Å². The van der Waals surface area contributed by atoms with E-state index < -0.39 is 11.8 Å². The molecule has 0 aliphatic carbocycles. The predicted molar refractivity (Wildman–Crippen MR) is 69.5 cm³/mol. The molecule has 2 aromatic rings. The molecule has 0 unspecified atom stereocenters. The van der Waals surface area contributed by atoms with Crippen LogP contribution in [-0.4, -0.2) is 20.9 Å². The van der Waals surface area contributed by atoms with Gasteiger partial charge in [-0.15, -0.1) is 0 Å². The van der Waals surface area contributed by atoms with Crippen molar-refractivity contribution in [2.75, 3.05) is 0 Å². The number of aromatic nitrogens is 2. The largest absolute Gasteiger partial charge is 0.478 e. The molecule has 0 fully saturated rings. The number of hydrogen-bond donors (Lipinski definition) is 1. The summed E-state index contributed by atoms with van der Waals surface area (Å²) >= 11 is 0. The molecule has 19 heavy (non-hydrogen) atoms. The lowest BCUT2D eigenvalue weighted by Crippen LogP contribution is -1.98. The molecule has 1 aromatic heterocycles. The molecular formula is C14H15FN2O2. The highest BCUT2D eigenvalue weighted by molar-refractivity contribution is 5.94. The number of aryl methyl sites for hydroxylation is 1. The number of carbonyl (C=O) groups is 1. The summed E-state index contributed by atoms with van der Waals surface area (Å²) in [6.45, 7) is 2.67. The minimum absolute atomic E-state index is 0.0289. The Hall–Kier alpha value is -2.17. The fraction of sp³-hybridized carbons (Fsp3) is 0.286. The summed E-state index contributed by atoms with van der Waals surface area (Å²) in [5.74, 6) is -1.56. The van der Waals surface area contributed by atoms with E-state index in [-0.39, 0.29) is 16.8 Å². The third kappa shape index (κ3) is 2.81. The lowest BCUT2D eigenvalue weighted by atomic mass is 10.1. The Morgan fingerprint density at radius 3 is 2.79 bits per heavy atom. The number of unbranched alkanes of at least 4 members (excludes halogenated alkanes) is 1. The summed E-state index contributed by atoms with van der Waals surface area (Å²) in [6.07, 6.45) is 3.34. The van der Waals surface area contributed by atoms with Crippen LogP contribution in [0.15, 0.2) is 30.5 Å². The van der Waals surface area contributed by atoms with Gasteiger partial charge in [0.25, 0.3) is 0 Å². The van der Waals surface area contributed by atoms with Gasteiger partial charge in [-0.2, -0.15) is 5.10 Å². The molecule has 0 atom stereocenters. The third-order valence-electron chi connectivity index (χ3n) is 2.86. The second-order valence-corrected chi connectivity index (χ2v) is 4.29. The molecule has 2 rings (SSSR count). The summed E-state index contributed by atoms with van der Waals surface area (Å²) in [5.41, 5.74) is 0.429. The first-order valence-electron chi connectivity index (χ1n) is 6.19. The molecule has 1 aromatic carbocycles. The minimum Gasteiger partial charge on any atom is -0.478 e. The van der Waals surface area contributed by atoms with Crippen molar-refractivity contribution in [2.45, 2.75) is 26.3 Å². The van der Waals surface area contributed by atoms with Gasteiger partial charge in [-0.1, -0.05) is 25.5 Å². The zero-order valence-electron chi connectivity index (χ0n) is 10.6. The maximum atomic E-state index is 13.7. The maximum absolute atomic E-state index is 13.7. The molecule has 0 spiro atoms. The van der Waals surface area contributed by atoms with Crippen molar-refractivity contribution in [1.29, 1.82) is 0 Å². The van der Waals surface area contributed by atoms with E-state index in [0.717, 1.165) is 12.8 Å².